The molecular weight excluding hydrogens is 320 g/mol. The van der Waals surface area contributed by atoms with Crippen LogP contribution in [-0.2, 0) is 9.53 Å². The summed E-state index contributed by atoms with van der Waals surface area (Å²) < 4.78 is 10.9. The molecule has 2 rings (SSSR count). The number of amides is 1. The molecule has 0 saturated carbocycles. The zero-order valence-electron chi connectivity index (χ0n) is 13.6. The Morgan fingerprint density at radius 2 is 2.30 bits per heavy atom. The monoisotopic (exact) mass is 342 g/mol. The van der Waals surface area contributed by atoms with Crippen molar-refractivity contribution in [2.75, 3.05) is 46.9 Å². The van der Waals surface area contributed by atoms with E-state index in [-0.39, 0.29) is 18.6 Å². The largest absolute Gasteiger partial charge is 0.495 e. The van der Waals surface area contributed by atoms with Crippen molar-refractivity contribution in [3.63, 3.8) is 0 Å². The van der Waals surface area contributed by atoms with Crippen molar-refractivity contribution in [1.82, 2.24) is 9.80 Å². The third-order valence-corrected chi connectivity index (χ3v) is 4.60. The number of aryl methyl sites for hydroxylation is 1. The summed E-state index contributed by atoms with van der Waals surface area (Å²) >= 11 is 1.42. The third-order valence-electron chi connectivity index (χ3n) is 3.58. The first-order chi connectivity index (χ1) is 10.9. The van der Waals surface area contributed by atoms with E-state index in [2.05, 4.69) is 0 Å². The van der Waals surface area contributed by atoms with Gasteiger partial charge in [-0.3, -0.25) is 14.5 Å². The molecule has 1 aliphatic heterocycles. The van der Waals surface area contributed by atoms with Crippen LogP contribution < -0.4 is 4.74 Å². The molecule has 0 aliphatic carbocycles. The molecule has 1 aliphatic rings. The van der Waals surface area contributed by atoms with Crippen LogP contribution in [0.5, 0.6) is 5.75 Å². The number of thiophene rings is 1. The van der Waals surface area contributed by atoms with Gasteiger partial charge in [-0.25, -0.2) is 0 Å². The molecule has 1 aromatic heterocycles. The Balaban J connectivity index is 2.00. The normalized spacial score (nSPS) is 18.3. The number of likely N-dealkylation sites (N-methyl/N-ethyl adjacent to an activating group) is 1. The molecule has 1 fully saturated rings. The van der Waals surface area contributed by atoms with Crippen molar-refractivity contribution in [3.05, 3.63) is 15.8 Å². The van der Waals surface area contributed by atoms with Gasteiger partial charge in [0.1, 0.15) is 10.6 Å². The zero-order valence-corrected chi connectivity index (χ0v) is 14.4. The number of nitrogens with zero attached hydrogens (tertiary/aromatic N) is 2. The molecule has 0 aromatic carbocycles. The first-order valence-corrected chi connectivity index (χ1v) is 8.18. The maximum atomic E-state index is 12.7. The van der Waals surface area contributed by atoms with E-state index in [4.69, 9.17) is 14.6 Å². The number of carboxylic acids is 1. The van der Waals surface area contributed by atoms with E-state index >= 15 is 0 Å². The van der Waals surface area contributed by atoms with Crippen molar-refractivity contribution >= 4 is 23.2 Å². The molecular formula is C15H22N2O5S. The number of morpholine rings is 1. The fourth-order valence-electron chi connectivity index (χ4n) is 2.59. The highest BCUT2D eigenvalue weighted by atomic mass is 32.1. The predicted molar refractivity (Wildman–Crippen MR) is 86.4 cm³/mol. The molecule has 1 aromatic rings. The molecule has 7 nitrogen and oxygen atoms in total. The molecule has 1 unspecified atom stereocenters. The Bertz CT molecular complexity index is 574. The molecule has 23 heavy (non-hydrogen) atoms. The highest BCUT2D eigenvalue weighted by Crippen LogP contribution is 2.30. The van der Waals surface area contributed by atoms with Crippen LogP contribution in [-0.4, -0.2) is 79.8 Å². The van der Waals surface area contributed by atoms with Crippen molar-refractivity contribution in [3.8, 4) is 5.75 Å². The van der Waals surface area contributed by atoms with Crippen LogP contribution in [0.1, 0.15) is 14.5 Å². The molecule has 1 N–H and O–H groups in total. The van der Waals surface area contributed by atoms with Crippen LogP contribution in [0.3, 0.4) is 0 Å². The first-order valence-electron chi connectivity index (χ1n) is 7.36. The van der Waals surface area contributed by atoms with E-state index in [9.17, 15) is 9.59 Å². The van der Waals surface area contributed by atoms with Crippen LogP contribution >= 0.6 is 11.3 Å². The molecule has 0 radical (unpaired) electrons. The van der Waals surface area contributed by atoms with Gasteiger partial charge in [0.15, 0.2) is 0 Å². The smallest absolute Gasteiger partial charge is 0.317 e. The van der Waals surface area contributed by atoms with Gasteiger partial charge in [-0.05, 0) is 20.0 Å². The van der Waals surface area contributed by atoms with E-state index in [0.29, 0.717) is 36.9 Å². The van der Waals surface area contributed by atoms with E-state index < -0.39 is 5.97 Å². The van der Waals surface area contributed by atoms with Gasteiger partial charge in [-0.1, -0.05) is 0 Å². The second-order valence-corrected chi connectivity index (χ2v) is 6.85. The fraction of sp³-hybridized carbons (Fsp3) is 0.600. The van der Waals surface area contributed by atoms with E-state index in [1.54, 1.807) is 24.0 Å². The number of ether oxygens (including phenoxy) is 2. The number of carbonyl (C=O) groups excluding carboxylic acids is 1. The van der Waals surface area contributed by atoms with Crippen molar-refractivity contribution in [1.29, 1.82) is 0 Å². The Morgan fingerprint density at radius 1 is 1.57 bits per heavy atom. The fourth-order valence-corrected chi connectivity index (χ4v) is 3.54. The van der Waals surface area contributed by atoms with E-state index in [1.807, 2.05) is 13.0 Å². The second kappa shape index (κ2) is 7.76. The summed E-state index contributed by atoms with van der Waals surface area (Å²) in [6, 6.07) is 1.86. The van der Waals surface area contributed by atoms with Gasteiger partial charge in [0.2, 0.25) is 0 Å². The molecule has 0 spiro atoms. The maximum absolute atomic E-state index is 12.7. The topological polar surface area (TPSA) is 79.3 Å². The molecule has 1 saturated heterocycles. The average molecular weight is 342 g/mol. The van der Waals surface area contributed by atoms with Crippen LogP contribution in [0.4, 0.5) is 0 Å². The number of methoxy groups -OCH3 is 1. The third kappa shape index (κ3) is 4.66. The number of aliphatic carboxylic acids is 1. The number of hydrogen-bond acceptors (Lipinski definition) is 6. The first kappa shape index (κ1) is 17.7. The summed E-state index contributed by atoms with van der Waals surface area (Å²) in [7, 11) is 3.28. The summed E-state index contributed by atoms with van der Waals surface area (Å²) in [5.74, 6) is -0.340. The summed E-state index contributed by atoms with van der Waals surface area (Å²) in [6.45, 7) is 3.78. The lowest BCUT2D eigenvalue weighted by atomic mass is 10.2. The minimum absolute atomic E-state index is 0.0499. The minimum Gasteiger partial charge on any atom is -0.495 e. The lowest BCUT2D eigenvalue weighted by Crippen LogP contribution is -2.49. The number of carboxylic acid groups (broad SMARTS) is 1. The van der Waals surface area contributed by atoms with Gasteiger partial charge in [-0.2, -0.15) is 0 Å². The Labute approximate surface area is 139 Å². The van der Waals surface area contributed by atoms with Gasteiger partial charge in [0.05, 0.1) is 26.4 Å². The summed E-state index contributed by atoms with van der Waals surface area (Å²) in [6.07, 6.45) is -0.191. The number of rotatable bonds is 6. The highest BCUT2D eigenvalue weighted by molar-refractivity contribution is 7.14. The summed E-state index contributed by atoms with van der Waals surface area (Å²) in [5, 5.41) is 8.80. The molecule has 1 atom stereocenters. The van der Waals surface area contributed by atoms with Crippen molar-refractivity contribution < 1.29 is 24.2 Å². The van der Waals surface area contributed by atoms with Gasteiger partial charge in [0, 0.05) is 24.5 Å². The second-order valence-electron chi connectivity index (χ2n) is 5.59. The lowest BCUT2D eigenvalue weighted by Gasteiger charge is -2.34. The van der Waals surface area contributed by atoms with E-state index in [0.717, 1.165) is 4.88 Å². The molecule has 2 heterocycles. The van der Waals surface area contributed by atoms with Gasteiger partial charge in [-0.15, -0.1) is 11.3 Å². The zero-order chi connectivity index (χ0) is 17.0. The van der Waals surface area contributed by atoms with Gasteiger partial charge >= 0.3 is 5.97 Å². The maximum Gasteiger partial charge on any atom is 0.317 e. The van der Waals surface area contributed by atoms with E-state index in [1.165, 1.54) is 11.3 Å². The van der Waals surface area contributed by atoms with Crippen LogP contribution in [0.15, 0.2) is 6.07 Å². The number of hydrogen-bond donors (Lipinski definition) is 1. The van der Waals surface area contributed by atoms with Crippen LogP contribution in [0.2, 0.25) is 0 Å². The summed E-state index contributed by atoms with van der Waals surface area (Å²) in [4.78, 5) is 28.5. The van der Waals surface area contributed by atoms with Gasteiger partial charge < -0.3 is 19.5 Å². The molecule has 8 heteroatoms. The molecule has 0 bridgehead atoms. The quantitative estimate of drug-likeness (QED) is 0.828. The SMILES string of the molecule is COc1cc(C)sc1C(=O)N1CCOC(CN(C)CC(=O)O)C1. The Morgan fingerprint density at radius 3 is 2.96 bits per heavy atom. The minimum atomic E-state index is -0.880. The standard InChI is InChI=1S/C15H22N2O5S/c1-10-6-12(21-3)14(23-10)15(20)17-4-5-22-11(8-17)7-16(2)9-13(18)19/h6,11H,4-5,7-9H2,1-3H3,(H,18,19). The predicted octanol–water partition coefficient (Wildman–Crippen LogP) is 0.923. The molecule has 1 amide bonds. The lowest BCUT2D eigenvalue weighted by molar-refractivity contribution is -0.138. The highest BCUT2D eigenvalue weighted by Gasteiger charge is 2.28. The van der Waals surface area contributed by atoms with Crippen molar-refractivity contribution in [2.45, 2.75) is 13.0 Å². The van der Waals surface area contributed by atoms with Crippen LogP contribution in [0.25, 0.3) is 0 Å². The summed E-state index contributed by atoms with van der Waals surface area (Å²) in [5.41, 5.74) is 0. The average Bonchev–Trinajstić information content (AvgIpc) is 2.87. The van der Waals surface area contributed by atoms with Crippen molar-refractivity contribution in [2.24, 2.45) is 0 Å². The Kier molecular flexibility index (Phi) is 5.97. The van der Waals surface area contributed by atoms with Gasteiger partial charge in [0.25, 0.3) is 5.91 Å². The number of carbonyl (C=O) groups is 2. The van der Waals surface area contributed by atoms with Crippen LogP contribution in [0, 0.1) is 6.92 Å². The molecule has 128 valence electrons. The Hall–Kier alpha value is -1.64.